The van der Waals surface area contributed by atoms with E-state index in [2.05, 4.69) is 4.74 Å². The van der Waals surface area contributed by atoms with Crippen LogP contribution in [0, 0.1) is 11.8 Å². The monoisotopic (exact) mass is 449 g/mol. The lowest BCUT2D eigenvalue weighted by Gasteiger charge is -2.40. The van der Waals surface area contributed by atoms with Gasteiger partial charge in [-0.2, -0.15) is 13.2 Å². The van der Waals surface area contributed by atoms with Crippen LogP contribution in [-0.2, 0) is 25.7 Å². The molecule has 0 fully saturated rings. The third kappa shape index (κ3) is 5.46. The normalized spacial score (nSPS) is 23.0. The van der Waals surface area contributed by atoms with Crippen LogP contribution >= 0.6 is 0 Å². The maximum Gasteiger partial charge on any atom is 0.416 e. The molecule has 2 aliphatic rings. The molecule has 1 aromatic carbocycles. The topological polar surface area (TPSA) is 72.9 Å². The molecular weight excluding hydrogens is 427 g/mol. The number of amides is 1. The highest BCUT2D eigenvalue weighted by Gasteiger charge is 2.43. The molecule has 0 saturated carbocycles. The summed E-state index contributed by atoms with van der Waals surface area (Å²) >= 11 is 0. The molecule has 1 unspecified atom stereocenters. The third-order valence-electron chi connectivity index (χ3n) is 5.43. The van der Waals surface area contributed by atoms with E-state index in [9.17, 15) is 27.6 Å². The number of hydrogen-bond donors (Lipinski definition) is 0. The number of benzene rings is 1. The Bertz CT molecular complexity index is 952. The molecule has 32 heavy (non-hydrogen) atoms. The van der Waals surface area contributed by atoms with E-state index in [1.807, 2.05) is 6.07 Å². The summed E-state index contributed by atoms with van der Waals surface area (Å²) in [5.41, 5.74) is -0.0509. The lowest BCUT2D eigenvalue weighted by atomic mass is 9.77. The van der Waals surface area contributed by atoms with Gasteiger partial charge in [0.05, 0.1) is 31.1 Å². The van der Waals surface area contributed by atoms with Crippen molar-refractivity contribution in [1.82, 2.24) is 4.90 Å². The quantitative estimate of drug-likeness (QED) is 0.626. The Morgan fingerprint density at radius 2 is 1.88 bits per heavy atom. The molecule has 0 radical (unpaired) electrons. The molecule has 9 heteroatoms. The molecule has 0 spiro atoms. The van der Waals surface area contributed by atoms with Gasteiger partial charge in [0.2, 0.25) is 0 Å². The van der Waals surface area contributed by atoms with E-state index in [-0.39, 0.29) is 19.4 Å². The Balaban J connectivity index is 1.85. The summed E-state index contributed by atoms with van der Waals surface area (Å²) in [6, 6.07) is 8.03. The highest BCUT2D eigenvalue weighted by Crippen LogP contribution is 2.37. The minimum absolute atomic E-state index is 0.0228. The van der Waals surface area contributed by atoms with Gasteiger partial charge >= 0.3 is 18.2 Å². The Labute approximate surface area is 183 Å². The van der Waals surface area contributed by atoms with Gasteiger partial charge in [-0.1, -0.05) is 48.6 Å². The van der Waals surface area contributed by atoms with Gasteiger partial charge in [-0.15, -0.1) is 0 Å². The van der Waals surface area contributed by atoms with Crippen molar-refractivity contribution in [3.05, 3.63) is 72.0 Å². The molecule has 1 aliphatic heterocycles. The van der Waals surface area contributed by atoms with E-state index >= 15 is 0 Å². The number of methoxy groups -OCH3 is 1. The number of halogens is 3. The minimum Gasteiger partial charge on any atom is -0.469 e. The van der Waals surface area contributed by atoms with Gasteiger partial charge in [0, 0.05) is 12.1 Å². The number of carbonyl (C=O) groups is 3. The van der Waals surface area contributed by atoms with Crippen molar-refractivity contribution in [2.24, 2.45) is 11.8 Å². The van der Waals surface area contributed by atoms with Crippen molar-refractivity contribution in [3.8, 4) is 0 Å². The number of nitrogens with zero attached hydrogens (tertiary/aromatic N) is 1. The lowest BCUT2D eigenvalue weighted by molar-refractivity contribution is -0.144. The summed E-state index contributed by atoms with van der Waals surface area (Å²) < 4.78 is 49.0. The van der Waals surface area contributed by atoms with Crippen LogP contribution in [0.3, 0.4) is 0 Å². The number of rotatable bonds is 5. The van der Waals surface area contributed by atoms with E-state index in [0.717, 1.165) is 23.8 Å². The van der Waals surface area contributed by atoms with Crippen LogP contribution in [0.4, 0.5) is 18.0 Å². The van der Waals surface area contributed by atoms with E-state index in [1.165, 1.54) is 24.3 Å². The van der Waals surface area contributed by atoms with Crippen molar-refractivity contribution >= 4 is 17.8 Å². The molecule has 1 aromatic rings. The zero-order valence-electron chi connectivity index (χ0n) is 17.2. The summed E-state index contributed by atoms with van der Waals surface area (Å²) in [6.07, 6.45) is 0.0598. The molecule has 0 bridgehead atoms. The largest absolute Gasteiger partial charge is 0.469 e. The van der Waals surface area contributed by atoms with Crippen LogP contribution < -0.4 is 0 Å². The van der Waals surface area contributed by atoms with Gasteiger partial charge in [-0.25, -0.2) is 4.79 Å². The van der Waals surface area contributed by atoms with Gasteiger partial charge in [-0.3, -0.25) is 14.5 Å². The molecule has 0 aromatic heterocycles. The SMILES string of the molecule is COC(=O)C[C@@H]1C(=O)C=CN(C(=O)OCc2ccccc2)[C@H]1C1C=CC(C(F)(F)F)=CC1. The fraction of sp³-hybridized carbons (Fsp3) is 0.348. The Hall–Kier alpha value is -3.36. The maximum atomic E-state index is 13.0. The van der Waals surface area contributed by atoms with Crippen molar-refractivity contribution in [3.63, 3.8) is 0 Å². The number of alkyl halides is 3. The molecule has 0 N–H and O–H groups in total. The lowest BCUT2D eigenvalue weighted by Crippen LogP contribution is -2.51. The van der Waals surface area contributed by atoms with Gasteiger partial charge in [0.15, 0.2) is 5.78 Å². The molecule has 170 valence electrons. The number of hydrogen-bond acceptors (Lipinski definition) is 5. The molecule has 3 rings (SSSR count). The predicted octanol–water partition coefficient (Wildman–Crippen LogP) is 4.33. The van der Waals surface area contributed by atoms with E-state index in [1.54, 1.807) is 24.3 Å². The first-order valence-electron chi connectivity index (χ1n) is 9.94. The fourth-order valence-electron chi connectivity index (χ4n) is 3.80. The van der Waals surface area contributed by atoms with Crippen LogP contribution in [0.15, 0.2) is 66.4 Å². The molecular formula is C23H22F3NO5. The van der Waals surface area contributed by atoms with Crippen molar-refractivity contribution < 1.29 is 37.0 Å². The second kappa shape index (κ2) is 9.84. The summed E-state index contributed by atoms with van der Waals surface area (Å²) in [7, 11) is 1.17. The number of esters is 1. The van der Waals surface area contributed by atoms with Crippen molar-refractivity contribution in [2.45, 2.75) is 31.7 Å². The molecule has 3 atom stereocenters. The fourth-order valence-corrected chi connectivity index (χ4v) is 3.80. The van der Waals surface area contributed by atoms with Crippen LogP contribution in [0.25, 0.3) is 0 Å². The summed E-state index contributed by atoms with van der Waals surface area (Å²) in [4.78, 5) is 38.5. The van der Waals surface area contributed by atoms with Crippen LogP contribution in [0.2, 0.25) is 0 Å². The Morgan fingerprint density at radius 1 is 1.16 bits per heavy atom. The number of ether oxygens (including phenoxy) is 2. The second-order valence-corrected chi connectivity index (χ2v) is 7.46. The standard InChI is InChI=1S/C23H22F3NO5/c1-31-20(29)13-18-19(28)11-12-27(22(30)32-14-15-5-3-2-4-6-15)21(18)16-7-9-17(10-8-16)23(24,25)26/h2-7,9-12,16,18,21H,8,13-14H2,1H3/t16?,18-,21+/m1/s1. The summed E-state index contributed by atoms with van der Waals surface area (Å²) in [6.45, 7) is -0.0228. The minimum atomic E-state index is -4.50. The summed E-state index contributed by atoms with van der Waals surface area (Å²) in [5, 5.41) is 0. The van der Waals surface area contributed by atoms with E-state index in [4.69, 9.17) is 4.74 Å². The Kier molecular flexibility index (Phi) is 7.17. The molecule has 6 nitrogen and oxygen atoms in total. The molecule has 1 aliphatic carbocycles. The first-order chi connectivity index (χ1) is 15.2. The molecule has 1 heterocycles. The predicted molar refractivity (Wildman–Crippen MR) is 108 cm³/mol. The average Bonchev–Trinajstić information content (AvgIpc) is 2.78. The first kappa shape index (κ1) is 23.3. The number of allylic oxidation sites excluding steroid dienone is 4. The average molecular weight is 449 g/mol. The highest BCUT2D eigenvalue weighted by molar-refractivity contribution is 5.96. The maximum absolute atomic E-state index is 13.0. The van der Waals surface area contributed by atoms with Crippen LogP contribution in [-0.4, -0.2) is 42.1 Å². The van der Waals surface area contributed by atoms with Crippen molar-refractivity contribution in [2.75, 3.05) is 7.11 Å². The number of carbonyl (C=O) groups excluding carboxylic acids is 3. The third-order valence-corrected chi connectivity index (χ3v) is 5.43. The van der Waals surface area contributed by atoms with Gasteiger partial charge in [0.1, 0.15) is 6.61 Å². The molecule has 0 saturated heterocycles. The zero-order valence-corrected chi connectivity index (χ0v) is 17.2. The highest BCUT2D eigenvalue weighted by atomic mass is 19.4. The van der Waals surface area contributed by atoms with Crippen molar-refractivity contribution in [1.29, 1.82) is 0 Å². The molecule has 1 amide bonds. The Morgan fingerprint density at radius 3 is 2.47 bits per heavy atom. The first-order valence-corrected chi connectivity index (χ1v) is 9.94. The summed E-state index contributed by atoms with van der Waals surface area (Å²) in [5.74, 6) is -2.68. The van der Waals surface area contributed by atoms with Crippen LogP contribution in [0.5, 0.6) is 0 Å². The zero-order chi connectivity index (χ0) is 23.3. The number of ketones is 1. The van der Waals surface area contributed by atoms with Gasteiger partial charge in [0.25, 0.3) is 0 Å². The second-order valence-electron chi connectivity index (χ2n) is 7.46. The van der Waals surface area contributed by atoms with E-state index in [0.29, 0.717) is 0 Å². The smallest absolute Gasteiger partial charge is 0.416 e. The van der Waals surface area contributed by atoms with Crippen LogP contribution in [0.1, 0.15) is 18.4 Å². The van der Waals surface area contributed by atoms with Gasteiger partial charge in [-0.05, 0) is 18.1 Å². The van der Waals surface area contributed by atoms with Gasteiger partial charge < -0.3 is 9.47 Å². The van der Waals surface area contributed by atoms with E-state index < -0.39 is 47.5 Å².